The summed E-state index contributed by atoms with van der Waals surface area (Å²) in [6, 6.07) is 5.56. The molecular weight excluding hydrogens is 300 g/mol. The van der Waals surface area contributed by atoms with Crippen LogP contribution in [0.5, 0.6) is 0 Å². The summed E-state index contributed by atoms with van der Waals surface area (Å²) in [5.74, 6) is 0.000413. The first-order valence-corrected chi connectivity index (χ1v) is 7.11. The van der Waals surface area contributed by atoms with Crippen molar-refractivity contribution in [2.75, 3.05) is 0 Å². The van der Waals surface area contributed by atoms with E-state index in [4.69, 9.17) is 22.5 Å². The van der Waals surface area contributed by atoms with Crippen molar-refractivity contribution in [1.82, 2.24) is 20.2 Å². The van der Waals surface area contributed by atoms with Crippen LogP contribution in [0.15, 0.2) is 33.4 Å². The Morgan fingerprint density at radius 2 is 2.30 bits per heavy atom. The van der Waals surface area contributed by atoms with Crippen LogP contribution in [0.3, 0.4) is 0 Å². The predicted molar refractivity (Wildman–Crippen MR) is 74.2 cm³/mol. The minimum Gasteiger partial charge on any atom is -0.409 e. The van der Waals surface area contributed by atoms with Crippen molar-refractivity contribution >= 4 is 29.2 Å². The molecule has 1 fully saturated rings. The molecule has 0 spiro atoms. The van der Waals surface area contributed by atoms with Gasteiger partial charge in [-0.1, -0.05) is 16.8 Å². The summed E-state index contributed by atoms with van der Waals surface area (Å²) in [6.45, 7) is 0. The van der Waals surface area contributed by atoms with Crippen molar-refractivity contribution in [3.05, 3.63) is 28.8 Å². The van der Waals surface area contributed by atoms with Crippen molar-refractivity contribution in [3.8, 4) is 0 Å². The highest BCUT2D eigenvalue weighted by molar-refractivity contribution is 7.99. The molecule has 0 aliphatic heterocycles. The SMILES string of the molecule is NC(=NO)c1cc(Cl)ccc1Sc1nnnn1C1CC1. The van der Waals surface area contributed by atoms with Crippen LogP contribution in [-0.4, -0.2) is 31.3 Å². The van der Waals surface area contributed by atoms with E-state index < -0.39 is 0 Å². The quantitative estimate of drug-likeness (QED) is 0.387. The molecule has 3 rings (SSSR count). The van der Waals surface area contributed by atoms with Crippen LogP contribution in [0.4, 0.5) is 0 Å². The first-order valence-electron chi connectivity index (χ1n) is 5.92. The van der Waals surface area contributed by atoms with Gasteiger partial charge in [0.1, 0.15) is 0 Å². The van der Waals surface area contributed by atoms with Gasteiger partial charge in [-0.2, -0.15) is 0 Å². The number of halogens is 1. The van der Waals surface area contributed by atoms with E-state index in [1.807, 2.05) is 0 Å². The molecule has 1 saturated carbocycles. The van der Waals surface area contributed by atoms with Crippen molar-refractivity contribution in [3.63, 3.8) is 0 Å². The Kier molecular flexibility index (Phi) is 3.49. The molecule has 1 heterocycles. The fourth-order valence-electron chi connectivity index (χ4n) is 1.74. The largest absolute Gasteiger partial charge is 0.409 e. The summed E-state index contributed by atoms with van der Waals surface area (Å²) < 4.78 is 1.80. The smallest absolute Gasteiger partial charge is 0.214 e. The normalized spacial score (nSPS) is 15.6. The van der Waals surface area contributed by atoms with Gasteiger partial charge < -0.3 is 10.9 Å². The topological polar surface area (TPSA) is 102 Å². The standard InChI is InChI=1S/C11H11ClN6OS/c12-6-1-4-9(8(5-6)10(13)15-19)20-11-14-16-17-18(11)7-2-3-7/h1,4-5,7,19H,2-3H2,(H2,13,15). The number of hydrogen-bond acceptors (Lipinski definition) is 6. The second-order valence-electron chi connectivity index (χ2n) is 4.36. The van der Waals surface area contributed by atoms with Gasteiger partial charge in [-0.3, -0.25) is 0 Å². The lowest BCUT2D eigenvalue weighted by Crippen LogP contribution is -2.14. The second kappa shape index (κ2) is 5.29. The molecule has 1 aliphatic rings. The molecule has 1 aliphatic carbocycles. The zero-order chi connectivity index (χ0) is 14.1. The Morgan fingerprint density at radius 1 is 1.50 bits per heavy atom. The van der Waals surface area contributed by atoms with E-state index in [0.717, 1.165) is 17.7 Å². The molecule has 0 amide bonds. The Hall–Kier alpha value is -1.80. The number of hydrogen-bond donors (Lipinski definition) is 2. The Labute approximate surface area is 123 Å². The van der Waals surface area contributed by atoms with Gasteiger partial charge in [-0.25, -0.2) is 4.68 Å². The van der Waals surface area contributed by atoms with E-state index in [-0.39, 0.29) is 5.84 Å². The van der Waals surface area contributed by atoms with Crippen molar-refractivity contribution in [1.29, 1.82) is 0 Å². The molecule has 0 saturated heterocycles. The van der Waals surface area contributed by atoms with Crippen LogP contribution in [-0.2, 0) is 0 Å². The lowest BCUT2D eigenvalue weighted by atomic mass is 10.2. The number of rotatable bonds is 4. The number of nitrogens with zero attached hydrogens (tertiary/aromatic N) is 5. The zero-order valence-corrected chi connectivity index (χ0v) is 11.8. The van der Waals surface area contributed by atoms with Crippen LogP contribution in [0.1, 0.15) is 24.4 Å². The molecule has 2 aromatic rings. The van der Waals surface area contributed by atoms with E-state index in [0.29, 0.717) is 21.8 Å². The van der Waals surface area contributed by atoms with Crippen molar-refractivity contribution in [2.24, 2.45) is 10.9 Å². The number of amidine groups is 1. The van der Waals surface area contributed by atoms with Crippen molar-refractivity contribution < 1.29 is 5.21 Å². The number of nitrogens with two attached hydrogens (primary N) is 1. The van der Waals surface area contributed by atoms with E-state index >= 15 is 0 Å². The highest BCUT2D eigenvalue weighted by atomic mass is 35.5. The maximum Gasteiger partial charge on any atom is 0.214 e. The van der Waals surface area contributed by atoms with Crippen LogP contribution in [0.2, 0.25) is 5.02 Å². The van der Waals surface area contributed by atoms with E-state index in [1.165, 1.54) is 11.8 Å². The molecule has 0 radical (unpaired) electrons. The molecule has 0 atom stereocenters. The maximum atomic E-state index is 8.85. The van der Waals surface area contributed by atoms with Crippen LogP contribution in [0, 0.1) is 0 Å². The van der Waals surface area contributed by atoms with Gasteiger partial charge in [0.2, 0.25) is 5.16 Å². The lowest BCUT2D eigenvalue weighted by molar-refractivity contribution is 0.318. The summed E-state index contributed by atoms with van der Waals surface area (Å²) in [5, 5.41) is 24.8. The predicted octanol–water partition coefficient (Wildman–Crippen LogP) is 1.91. The average molecular weight is 311 g/mol. The van der Waals surface area contributed by atoms with Crippen LogP contribution >= 0.6 is 23.4 Å². The molecule has 20 heavy (non-hydrogen) atoms. The third-order valence-electron chi connectivity index (χ3n) is 2.88. The van der Waals surface area contributed by atoms with Crippen LogP contribution in [0.25, 0.3) is 0 Å². The summed E-state index contributed by atoms with van der Waals surface area (Å²) in [6.07, 6.45) is 2.18. The lowest BCUT2D eigenvalue weighted by Gasteiger charge is -2.08. The maximum absolute atomic E-state index is 8.85. The average Bonchev–Trinajstić information content (AvgIpc) is 3.20. The van der Waals surface area contributed by atoms with Gasteiger partial charge in [0, 0.05) is 15.5 Å². The molecule has 9 heteroatoms. The fourth-order valence-corrected chi connectivity index (χ4v) is 2.88. The molecule has 3 N–H and O–H groups in total. The Bertz CT molecular complexity index is 669. The summed E-state index contributed by atoms with van der Waals surface area (Å²) in [4.78, 5) is 0.779. The van der Waals surface area contributed by atoms with Gasteiger partial charge >= 0.3 is 0 Å². The number of tetrazole rings is 1. The third-order valence-corrected chi connectivity index (χ3v) is 4.14. The Morgan fingerprint density at radius 3 is 3.00 bits per heavy atom. The molecular formula is C11H11ClN6OS. The fraction of sp³-hybridized carbons (Fsp3) is 0.273. The van der Waals surface area contributed by atoms with Gasteiger partial charge in [0.05, 0.1) is 6.04 Å². The van der Waals surface area contributed by atoms with Crippen molar-refractivity contribution in [2.45, 2.75) is 28.9 Å². The monoisotopic (exact) mass is 310 g/mol. The molecule has 1 aromatic carbocycles. The first kappa shape index (κ1) is 13.2. The molecule has 0 unspecified atom stereocenters. The van der Waals surface area contributed by atoms with Gasteiger partial charge in [-0.05, 0) is 53.2 Å². The molecule has 104 valence electrons. The van der Waals surface area contributed by atoms with Gasteiger partial charge in [-0.15, -0.1) is 5.10 Å². The van der Waals surface area contributed by atoms with E-state index in [1.54, 1.807) is 22.9 Å². The van der Waals surface area contributed by atoms with Crippen LogP contribution < -0.4 is 5.73 Å². The summed E-state index contributed by atoms with van der Waals surface area (Å²) in [7, 11) is 0. The highest BCUT2D eigenvalue weighted by Crippen LogP contribution is 2.38. The number of oxime groups is 1. The van der Waals surface area contributed by atoms with Gasteiger partial charge in [0.25, 0.3) is 0 Å². The van der Waals surface area contributed by atoms with Gasteiger partial charge in [0.15, 0.2) is 5.84 Å². The van der Waals surface area contributed by atoms with E-state index in [2.05, 4.69) is 20.7 Å². The van der Waals surface area contributed by atoms with E-state index in [9.17, 15) is 0 Å². The Balaban J connectivity index is 1.95. The summed E-state index contributed by atoms with van der Waals surface area (Å²) in [5.41, 5.74) is 6.22. The molecule has 0 bridgehead atoms. The second-order valence-corrected chi connectivity index (χ2v) is 5.81. The third kappa shape index (κ3) is 2.56. The number of benzene rings is 1. The summed E-state index contributed by atoms with van der Waals surface area (Å²) >= 11 is 7.31. The highest BCUT2D eigenvalue weighted by Gasteiger charge is 2.28. The minimum atomic E-state index is 0.000413. The molecule has 1 aromatic heterocycles. The number of aromatic nitrogens is 4. The first-order chi connectivity index (χ1) is 9.69. The molecule has 7 nitrogen and oxygen atoms in total. The zero-order valence-electron chi connectivity index (χ0n) is 10.3. The minimum absolute atomic E-state index is 0.000413.